The Morgan fingerprint density at radius 2 is 2.04 bits per heavy atom. The number of likely N-dealkylation sites (N-methyl/N-ethyl adjacent to an activating group) is 1. The van der Waals surface area contributed by atoms with Gasteiger partial charge in [-0.05, 0) is 44.7 Å². The molecule has 24 heavy (non-hydrogen) atoms. The van der Waals surface area contributed by atoms with Crippen molar-refractivity contribution in [1.82, 2.24) is 20.3 Å². The number of carbonyl (C=O) groups excluding carboxylic acids is 1. The van der Waals surface area contributed by atoms with E-state index in [1.165, 1.54) is 0 Å². The summed E-state index contributed by atoms with van der Waals surface area (Å²) in [6.07, 6.45) is 4.03. The van der Waals surface area contributed by atoms with Gasteiger partial charge in [0.2, 0.25) is 5.76 Å². The van der Waals surface area contributed by atoms with Crippen LogP contribution in [0.25, 0.3) is 0 Å². The van der Waals surface area contributed by atoms with Crippen LogP contribution in [0.3, 0.4) is 0 Å². The molecule has 4 rings (SSSR count). The average Bonchev–Trinajstić information content (AvgIpc) is 2.98. The summed E-state index contributed by atoms with van der Waals surface area (Å²) in [6.45, 7) is 3.44. The zero-order chi connectivity index (χ0) is 16.7. The van der Waals surface area contributed by atoms with Gasteiger partial charge in [0.05, 0.1) is 17.4 Å². The van der Waals surface area contributed by atoms with Gasteiger partial charge in [0.1, 0.15) is 0 Å². The van der Waals surface area contributed by atoms with E-state index in [0.29, 0.717) is 5.76 Å². The topological polar surface area (TPSA) is 75.4 Å². The zero-order valence-electron chi connectivity index (χ0n) is 14.0. The van der Waals surface area contributed by atoms with Gasteiger partial charge in [0.25, 0.3) is 5.91 Å². The lowest BCUT2D eigenvalue weighted by Crippen LogP contribution is -2.60. The minimum absolute atomic E-state index is 0.0645. The molecule has 2 aromatic rings. The maximum absolute atomic E-state index is 12.7. The van der Waals surface area contributed by atoms with Crippen molar-refractivity contribution < 1.29 is 9.32 Å². The van der Waals surface area contributed by atoms with E-state index in [1.54, 1.807) is 4.90 Å². The Labute approximate surface area is 140 Å². The molecule has 0 spiro atoms. The molecular formula is C17H21N5O2. The molecule has 0 unspecified atom stereocenters. The lowest BCUT2D eigenvalue weighted by atomic mass is 9.95. The summed E-state index contributed by atoms with van der Waals surface area (Å²) in [5.74, 6) is 1.22. The second kappa shape index (κ2) is 5.89. The number of carbonyl (C=O) groups is 1. The second-order valence-corrected chi connectivity index (χ2v) is 6.65. The monoisotopic (exact) mass is 327 g/mol. The highest BCUT2D eigenvalue weighted by molar-refractivity contribution is 5.93. The third-order valence-electron chi connectivity index (χ3n) is 4.99. The van der Waals surface area contributed by atoms with Crippen LogP contribution in [-0.2, 0) is 12.8 Å². The van der Waals surface area contributed by atoms with E-state index < -0.39 is 0 Å². The molecule has 0 bridgehead atoms. The van der Waals surface area contributed by atoms with Gasteiger partial charge in [-0.15, -0.1) is 5.10 Å². The van der Waals surface area contributed by atoms with Gasteiger partial charge in [0, 0.05) is 25.7 Å². The Hall–Kier alpha value is -2.44. The highest BCUT2D eigenvalue weighted by Crippen LogP contribution is 2.27. The normalized spacial score (nSPS) is 17.3. The molecule has 0 atom stereocenters. The first-order valence-electron chi connectivity index (χ1n) is 8.43. The van der Waals surface area contributed by atoms with Crippen molar-refractivity contribution in [1.29, 1.82) is 0 Å². The van der Waals surface area contributed by atoms with Gasteiger partial charge < -0.3 is 14.3 Å². The molecule has 2 aromatic heterocycles. The molecule has 7 nitrogen and oxygen atoms in total. The quantitative estimate of drug-likeness (QED) is 0.852. The summed E-state index contributed by atoms with van der Waals surface area (Å²) in [6, 6.07) is 4.07. The predicted octanol–water partition coefficient (Wildman–Crippen LogP) is 1.61. The van der Waals surface area contributed by atoms with Crippen LogP contribution in [0.4, 0.5) is 5.82 Å². The first-order chi connectivity index (χ1) is 11.6. The van der Waals surface area contributed by atoms with Gasteiger partial charge in [-0.1, -0.05) is 5.16 Å². The van der Waals surface area contributed by atoms with Gasteiger partial charge in [-0.3, -0.25) is 4.79 Å². The molecule has 0 N–H and O–H groups in total. The molecule has 1 amide bonds. The zero-order valence-corrected chi connectivity index (χ0v) is 14.0. The van der Waals surface area contributed by atoms with Crippen molar-refractivity contribution >= 4 is 11.7 Å². The van der Waals surface area contributed by atoms with E-state index in [2.05, 4.69) is 20.3 Å². The number of hydrogen-bond acceptors (Lipinski definition) is 6. The van der Waals surface area contributed by atoms with Crippen LogP contribution in [0.15, 0.2) is 16.7 Å². The highest BCUT2D eigenvalue weighted by Gasteiger charge is 2.36. The number of aromatic nitrogens is 3. The number of hydrogen-bond donors (Lipinski definition) is 0. The Kier molecular flexibility index (Phi) is 3.70. The number of anilines is 1. The molecule has 126 valence electrons. The molecule has 1 aliphatic heterocycles. The molecule has 0 aromatic carbocycles. The smallest absolute Gasteiger partial charge is 0.292 e. The van der Waals surface area contributed by atoms with Crippen molar-refractivity contribution in [2.75, 3.05) is 25.0 Å². The summed E-state index contributed by atoms with van der Waals surface area (Å²) >= 11 is 0. The van der Waals surface area contributed by atoms with Crippen molar-refractivity contribution in [2.45, 2.75) is 38.6 Å². The lowest BCUT2D eigenvalue weighted by molar-refractivity contribution is 0.0661. The van der Waals surface area contributed by atoms with Crippen LogP contribution in [0.1, 0.15) is 40.3 Å². The number of aryl methyl sites for hydroxylation is 2. The van der Waals surface area contributed by atoms with Crippen LogP contribution >= 0.6 is 0 Å². The van der Waals surface area contributed by atoms with Crippen LogP contribution in [0, 0.1) is 6.92 Å². The molecule has 1 fully saturated rings. The third-order valence-corrected chi connectivity index (χ3v) is 4.99. The maximum atomic E-state index is 12.7. The average molecular weight is 327 g/mol. The maximum Gasteiger partial charge on any atom is 0.292 e. The number of amides is 1. The largest absolute Gasteiger partial charge is 0.351 e. The summed E-state index contributed by atoms with van der Waals surface area (Å²) in [4.78, 5) is 16.6. The van der Waals surface area contributed by atoms with Crippen molar-refractivity contribution in [2.24, 2.45) is 0 Å². The fourth-order valence-electron chi connectivity index (χ4n) is 3.33. The van der Waals surface area contributed by atoms with Crippen LogP contribution in [-0.4, -0.2) is 52.3 Å². The second-order valence-electron chi connectivity index (χ2n) is 6.65. The van der Waals surface area contributed by atoms with E-state index in [1.807, 2.05) is 26.1 Å². The van der Waals surface area contributed by atoms with Gasteiger partial charge >= 0.3 is 0 Å². The Morgan fingerprint density at radius 1 is 1.25 bits per heavy atom. The highest BCUT2D eigenvalue weighted by atomic mass is 16.5. The number of fused-ring (bicyclic) bond motifs is 1. The Bertz CT molecular complexity index is 749. The molecule has 3 heterocycles. The van der Waals surface area contributed by atoms with Crippen LogP contribution in [0.5, 0.6) is 0 Å². The molecule has 7 heteroatoms. The summed E-state index contributed by atoms with van der Waals surface area (Å²) in [5.41, 5.74) is 2.88. The fourth-order valence-corrected chi connectivity index (χ4v) is 3.33. The molecule has 2 aliphatic rings. The molecular weight excluding hydrogens is 306 g/mol. The number of nitrogens with zero attached hydrogens (tertiary/aromatic N) is 5. The number of rotatable bonds is 3. The van der Waals surface area contributed by atoms with Crippen molar-refractivity contribution in [3.05, 3.63) is 34.8 Å². The van der Waals surface area contributed by atoms with Gasteiger partial charge in [-0.25, -0.2) is 0 Å². The molecule has 0 saturated carbocycles. The van der Waals surface area contributed by atoms with Crippen molar-refractivity contribution in [3.8, 4) is 0 Å². The third kappa shape index (κ3) is 2.53. The molecule has 1 aliphatic carbocycles. The van der Waals surface area contributed by atoms with Crippen molar-refractivity contribution in [3.63, 3.8) is 0 Å². The Morgan fingerprint density at radius 3 is 2.79 bits per heavy atom. The predicted molar refractivity (Wildman–Crippen MR) is 88.0 cm³/mol. The van der Waals surface area contributed by atoms with E-state index in [9.17, 15) is 4.79 Å². The minimum atomic E-state index is -0.0645. The SMILES string of the molecule is Cc1ccc(N2CC(N(C)C(=O)c3onc4c3CCCC4)C2)nn1. The van der Waals surface area contributed by atoms with Gasteiger partial charge in [-0.2, -0.15) is 5.10 Å². The molecule has 1 saturated heterocycles. The summed E-state index contributed by atoms with van der Waals surface area (Å²) in [5, 5.41) is 12.4. The van der Waals surface area contributed by atoms with E-state index in [4.69, 9.17) is 4.52 Å². The minimum Gasteiger partial charge on any atom is -0.351 e. The van der Waals surface area contributed by atoms with Crippen LogP contribution < -0.4 is 4.90 Å². The van der Waals surface area contributed by atoms with Crippen LogP contribution in [0.2, 0.25) is 0 Å². The molecule has 0 radical (unpaired) electrons. The van der Waals surface area contributed by atoms with E-state index in [-0.39, 0.29) is 11.9 Å². The Balaban J connectivity index is 1.42. The first kappa shape index (κ1) is 15.1. The fraction of sp³-hybridized carbons (Fsp3) is 0.529. The summed E-state index contributed by atoms with van der Waals surface area (Å²) in [7, 11) is 1.84. The van der Waals surface area contributed by atoms with Gasteiger partial charge in [0.15, 0.2) is 5.82 Å². The van der Waals surface area contributed by atoms with E-state index >= 15 is 0 Å². The standard InChI is InChI=1S/C17H21N5O2/c1-11-7-8-15(19-18-11)22-9-12(10-22)21(2)17(23)16-13-5-3-4-6-14(13)20-24-16/h7-8,12H,3-6,9-10H2,1-2H3. The van der Waals surface area contributed by atoms with E-state index in [0.717, 1.165) is 61.5 Å². The lowest BCUT2D eigenvalue weighted by Gasteiger charge is -2.44. The summed E-state index contributed by atoms with van der Waals surface area (Å²) < 4.78 is 5.37. The first-order valence-corrected chi connectivity index (χ1v) is 8.43.